The van der Waals surface area contributed by atoms with Crippen LogP contribution >= 0.6 is 11.3 Å². The van der Waals surface area contributed by atoms with Gasteiger partial charge in [0, 0.05) is 10.9 Å². The molecule has 1 unspecified atom stereocenters. The highest BCUT2D eigenvalue weighted by Gasteiger charge is 2.22. The molecule has 1 atom stereocenters. The number of carbonyl (C=O) groups is 1. The molecule has 0 aliphatic carbocycles. The van der Waals surface area contributed by atoms with Gasteiger partial charge in [0.15, 0.2) is 0 Å². The van der Waals surface area contributed by atoms with Crippen LogP contribution in [0.15, 0.2) is 17.5 Å². The minimum Gasteiger partial charge on any atom is -0.334 e. The van der Waals surface area contributed by atoms with Crippen LogP contribution in [0.25, 0.3) is 0 Å². The fourth-order valence-electron chi connectivity index (χ4n) is 1.39. The number of thiophene rings is 1. The van der Waals surface area contributed by atoms with Crippen LogP contribution in [-0.4, -0.2) is 16.8 Å². The van der Waals surface area contributed by atoms with E-state index in [0.29, 0.717) is 6.54 Å². The second-order valence-corrected chi connectivity index (χ2v) is 5.02. The van der Waals surface area contributed by atoms with Crippen molar-refractivity contribution in [3.63, 3.8) is 0 Å². The van der Waals surface area contributed by atoms with Crippen LogP contribution in [0.4, 0.5) is 0 Å². The van der Waals surface area contributed by atoms with Crippen molar-refractivity contribution in [2.75, 3.05) is 0 Å². The van der Waals surface area contributed by atoms with Crippen molar-refractivity contribution in [1.29, 1.82) is 5.26 Å². The van der Waals surface area contributed by atoms with Gasteiger partial charge < -0.3 is 4.90 Å². The van der Waals surface area contributed by atoms with Gasteiger partial charge in [-0.05, 0) is 32.2 Å². The van der Waals surface area contributed by atoms with E-state index in [9.17, 15) is 4.79 Å². The molecule has 1 aromatic rings. The van der Waals surface area contributed by atoms with E-state index in [1.807, 2.05) is 37.4 Å². The molecular formula is C12H16N2OS. The van der Waals surface area contributed by atoms with Crippen LogP contribution in [0.2, 0.25) is 0 Å². The Bertz CT molecular complexity index is 378. The topological polar surface area (TPSA) is 44.1 Å². The highest BCUT2D eigenvalue weighted by Crippen LogP contribution is 2.16. The molecule has 1 amide bonds. The van der Waals surface area contributed by atoms with E-state index in [2.05, 4.69) is 0 Å². The summed E-state index contributed by atoms with van der Waals surface area (Å²) in [7, 11) is 0. The third kappa shape index (κ3) is 3.07. The van der Waals surface area contributed by atoms with E-state index in [1.165, 1.54) is 0 Å². The first-order valence-corrected chi connectivity index (χ1v) is 6.16. The molecule has 0 saturated carbocycles. The van der Waals surface area contributed by atoms with Crippen molar-refractivity contribution in [2.24, 2.45) is 5.92 Å². The van der Waals surface area contributed by atoms with E-state index >= 15 is 0 Å². The molecule has 0 spiro atoms. The van der Waals surface area contributed by atoms with Gasteiger partial charge in [-0.3, -0.25) is 4.79 Å². The number of amides is 1. The molecule has 3 nitrogen and oxygen atoms in total. The second kappa shape index (κ2) is 5.66. The highest BCUT2D eigenvalue weighted by molar-refractivity contribution is 7.09. The molecule has 0 saturated heterocycles. The number of hydrogen-bond acceptors (Lipinski definition) is 3. The van der Waals surface area contributed by atoms with Crippen molar-refractivity contribution >= 4 is 17.2 Å². The average Bonchev–Trinajstić information content (AvgIpc) is 2.76. The summed E-state index contributed by atoms with van der Waals surface area (Å²) in [6, 6.07) is 6.08. The lowest BCUT2D eigenvalue weighted by Gasteiger charge is -2.27. The van der Waals surface area contributed by atoms with Gasteiger partial charge in [-0.25, -0.2) is 0 Å². The number of hydrogen-bond donors (Lipinski definition) is 0. The second-order valence-electron chi connectivity index (χ2n) is 3.99. The van der Waals surface area contributed by atoms with E-state index in [4.69, 9.17) is 5.26 Å². The van der Waals surface area contributed by atoms with E-state index in [0.717, 1.165) is 4.88 Å². The maximum atomic E-state index is 12.0. The monoisotopic (exact) mass is 236 g/mol. The third-order valence-electron chi connectivity index (χ3n) is 2.38. The summed E-state index contributed by atoms with van der Waals surface area (Å²) >= 11 is 1.63. The lowest BCUT2D eigenvalue weighted by molar-refractivity contribution is -0.135. The zero-order valence-corrected chi connectivity index (χ0v) is 10.6. The van der Waals surface area contributed by atoms with E-state index < -0.39 is 5.92 Å². The Labute approximate surface area is 100 Å². The summed E-state index contributed by atoms with van der Waals surface area (Å²) in [6.45, 7) is 6.18. The number of nitriles is 1. The summed E-state index contributed by atoms with van der Waals surface area (Å²) in [5.74, 6) is -0.659. The minimum absolute atomic E-state index is 0.0918. The van der Waals surface area contributed by atoms with Crippen LogP contribution in [-0.2, 0) is 11.3 Å². The highest BCUT2D eigenvalue weighted by atomic mass is 32.1. The number of rotatable bonds is 4. The normalized spacial score (nSPS) is 12.2. The molecule has 0 aliphatic heterocycles. The Morgan fingerprint density at radius 1 is 1.56 bits per heavy atom. The molecule has 0 fully saturated rings. The van der Waals surface area contributed by atoms with E-state index in [1.54, 1.807) is 23.2 Å². The lowest BCUT2D eigenvalue weighted by atomic mass is 10.1. The van der Waals surface area contributed by atoms with Gasteiger partial charge in [0.25, 0.3) is 0 Å². The van der Waals surface area contributed by atoms with Gasteiger partial charge in [0.05, 0.1) is 12.6 Å². The quantitative estimate of drug-likeness (QED) is 0.806. The molecule has 4 heteroatoms. The summed E-state index contributed by atoms with van der Waals surface area (Å²) in [4.78, 5) is 14.8. The SMILES string of the molecule is CC(C#N)C(=O)N(Cc1cccs1)C(C)C. The first-order chi connectivity index (χ1) is 7.56. The van der Waals surface area contributed by atoms with Gasteiger partial charge >= 0.3 is 0 Å². The van der Waals surface area contributed by atoms with Gasteiger partial charge in [-0.2, -0.15) is 5.26 Å². The van der Waals surface area contributed by atoms with Crippen molar-refractivity contribution in [3.05, 3.63) is 22.4 Å². The predicted molar refractivity (Wildman–Crippen MR) is 64.8 cm³/mol. The minimum atomic E-state index is -0.567. The predicted octanol–water partition coefficient (Wildman–Crippen LogP) is 2.64. The van der Waals surface area contributed by atoms with Crippen LogP contribution in [0.3, 0.4) is 0 Å². The van der Waals surface area contributed by atoms with Crippen LogP contribution in [0, 0.1) is 17.2 Å². The van der Waals surface area contributed by atoms with Crippen molar-refractivity contribution in [1.82, 2.24) is 4.90 Å². The Morgan fingerprint density at radius 3 is 2.69 bits per heavy atom. The molecule has 86 valence electrons. The summed E-state index contributed by atoms with van der Waals surface area (Å²) in [6.07, 6.45) is 0. The molecule has 16 heavy (non-hydrogen) atoms. The smallest absolute Gasteiger partial charge is 0.240 e. The Balaban J connectivity index is 2.76. The maximum absolute atomic E-state index is 12.0. The Morgan fingerprint density at radius 2 is 2.25 bits per heavy atom. The molecule has 1 heterocycles. The van der Waals surface area contributed by atoms with Crippen LogP contribution in [0.1, 0.15) is 25.6 Å². The lowest BCUT2D eigenvalue weighted by Crippen LogP contribution is -2.39. The molecule has 0 bridgehead atoms. The molecule has 0 N–H and O–H groups in total. The molecule has 0 radical (unpaired) electrons. The fourth-order valence-corrected chi connectivity index (χ4v) is 2.09. The zero-order chi connectivity index (χ0) is 12.1. The zero-order valence-electron chi connectivity index (χ0n) is 9.80. The first-order valence-electron chi connectivity index (χ1n) is 5.28. The largest absolute Gasteiger partial charge is 0.334 e. The number of carbonyl (C=O) groups excluding carboxylic acids is 1. The molecule has 0 aliphatic rings. The third-order valence-corrected chi connectivity index (χ3v) is 3.24. The van der Waals surface area contributed by atoms with Crippen molar-refractivity contribution in [3.8, 4) is 6.07 Å². The van der Waals surface area contributed by atoms with Gasteiger partial charge in [0.2, 0.25) is 5.91 Å². The van der Waals surface area contributed by atoms with Crippen molar-refractivity contribution < 1.29 is 4.79 Å². The van der Waals surface area contributed by atoms with Crippen molar-refractivity contribution in [2.45, 2.75) is 33.4 Å². The first kappa shape index (κ1) is 12.7. The fraction of sp³-hybridized carbons (Fsp3) is 0.500. The summed E-state index contributed by atoms with van der Waals surface area (Å²) < 4.78 is 0. The van der Waals surface area contributed by atoms with Gasteiger partial charge in [-0.1, -0.05) is 6.07 Å². The Kier molecular flexibility index (Phi) is 4.51. The van der Waals surface area contributed by atoms with Crippen LogP contribution < -0.4 is 0 Å². The molecule has 1 aromatic heterocycles. The van der Waals surface area contributed by atoms with E-state index in [-0.39, 0.29) is 11.9 Å². The maximum Gasteiger partial charge on any atom is 0.240 e. The Hall–Kier alpha value is -1.34. The molecular weight excluding hydrogens is 220 g/mol. The van der Waals surface area contributed by atoms with Crippen LogP contribution in [0.5, 0.6) is 0 Å². The van der Waals surface area contributed by atoms with Gasteiger partial charge in [-0.15, -0.1) is 11.3 Å². The van der Waals surface area contributed by atoms with Gasteiger partial charge in [0.1, 0.15) is 5.92 Å². The molecule has 0 aromatic carbocycles. The molecule has 1 rings (SSSR count). The summed E-state index contributed by atoms with van der Waals surface area (Å²) in [5.41, 5.74) is 0. The summed E-state index contributed by atoms with van der Waals surface area (Å²) in [5, 5.41) is 10.8. The number of nitrogens with zero attached hydrogens (tertiary/aromatic N) is 2. The standard InChI is InChI=1S/C12H16N2OS/c1-9(2)14(12(15)10(3)7-13)8-11-5-4-6-16-11/h4-6,9-10H,8H2,1-3H3. The average molecular weight is 236 g/mol.